The van der Waals surface area contributed by atoms with Crippen molar-refractivity contribution in [1.29, 1.82) is 0 Å². The predicted octanol–water partition coefficient (Wildman–Crippen LogP) is 3.55. The first-order valence-electron chi connectivity index (χ1n) is 8.11. The number of methoxy groups -OCH3 is 1. The zero-order valence-corrected chi connectivity index (χ0v) is 15.4. The lowest BCUT2D eigenvalue weighted by Crippen LogP contribution is -2.07. The van der Waals surface area contributed by atoms with Gasteiger partial charge in [0.2, 0.25) is 5.76 Å². The summed E-state index contributed by atoms with van der Waals surface area (Å²) in [5, 5.41) is 9.23. The number of nitrogens with zero attached hydrogens (tertiary/aromatic N) is 3. The zero-order chi connectivity index (χ0) is 18.4. The Labute approximate surface area is 155 Å². The van der Waals surface area contributed by atoms with Crippen LogP contribution in [0.1, 0.15) is 29.1 Å². The van der Waals surface area contributed by atoms with E-state index in [4.69, 9.17) is 9.15 Å². The fraction of sp³-hybridized carbons (Fsp3) is 0.278. The molecule has 0 bridgehead atoms. The SMILES string of the molecule is CCn1c(COc2ccccc2)nnc1SCc1ccc(C(=O)OC)o1. The van der Waals surface area contributed by atoms with Crippen LogP contribution in [0.25, 0.3) is 0 Å². The van der Waals surface area contributed by atoms with Crippen molar-refractivity contribution in [3.63, 3.8) is 0 Å². The summed E-state index contributed by atoms with van der Waals surface area (Å²) >= 11 is 1.49. The molecule has 0 radical (unpaired) electrons. The zero-order valence-electron chi connectivity index (χ0n) is 14.5. The van der Waals surface area contributed by atoms with Crippen LogP contribution in [0.2, 0.25) is 0 Å². The second kappa shape index (κ2) is 8.57. The molecule has 8 heteroatoms. The smallest absolute Gasteiger partial charge is 0.373 e. The predicted molar refractivity (Wildman–Crippen MR) is 96.1 cm³/mol. The number of hydrogen-bond acceptors (Lipinski definition) is 7. The number of carbonyl (C=O) groups is 1. The summed E-state index contributed by atoms with van der Waals surface area (Å²) in [6, 6.07) is 12.9. The first kappa shape index (κ1) is 18.1. The van der Waals surface area contributed by atoms with Crippen LogP contribution in [0.15, 0.2) is 52.0 Å². The third-order valence-corrected chi connectivity index (χ3v) is 4.60. The van der Waals surface area contributed by atoms with Crippen LogP contribution in [0.3, 0.4) is 0 Å². The maximum Gasteiger partial charge on any atom is 0.373 e. The van der Waals surface area contributed by atoms with Gasteiger partial charge in [-0.05, 0) is 31.2 Å². The average Bonchev–Trinajstić information content (AvgIpc) is 3.31. The molecule has 7 nitrogen and oxygen atoms in total. The lowest BCUT2D eigenvalue weighted by atomic mass is 10.3. The number of aromatic nitrogens is 3. The number of rotatable bonds is 8. The van der Waals surface area contributed by atoms with Gasteiger partial charge in [-0.15, -0.1) is 10.2 Å². The van der Waals surface area contributed by atoms with Crippen molar-refractivity contribution in [3.8, 4) is 5.75 Å². The van der Waals surface area contributed by atoms with E-state index >= 15 is 0 Å². The van der Waals surface area contributed by atoms with Gasteiger partial charge in [-0.25, -0.2) is 4.79 Å². The van der Waals surface area contributed by atoms with Crippen molar-refractivity contribution in [1.82, 2.24) is 14.8 Å². The van der Waals surface area contributed by atoms with E-state index in [2.05, 4.69) is 14.9 Å². The number of thioether (sulfide) groups is 1. The quantitative estimate of drug-likeness (QED) is 0.441. The summed E-state index contributed by atoms with van der Waals surface area (Å²) in [4.78, 5) is 11.4. The Hall–Kier alpha value is -2.74. The molecule has 0 fully saturated rings. The van der Waals surface area contributed by atoms with E-state index in [1.807, 2.05) is 41.8 Å². The van der Waals surface area contributed by atoms with Gasteiger partial charge in [0, 0.05) is 6.54 Å². The first-order valence-corrected chi connectivity index (χ1v) is 9.09. The van der Waals surface area contributed by atoms with Gasteiger partial charge in [-0.3, -0.25) is 0 Å². The molecule has 2 heterocycles. The highest BCUT2D eigenvalue weighted by Gasteiger charge is 2.15. The molecule has 0 saturated carbocycles. The minimum absolute atomic E-state index is 0.192. The van der Waals surface area contributed by atoms with Gasteiger partial charge in [0.25, 0.3) is 0 Å². The highest BCUT2D eigenvalue weighted by molar-refractivity contribution is 7.98. The molecule has 26 heavy (non-hydrogen) atoms. The second-order valence-corrected chi connectivity index (χ2v) is 6.23. The molecule has 0 aliphatic heterocycles. The average molecular weight is 373 g/mol. The Morgan fingerprint density at radius 3 is 2.73 bits per heavy atom. The van der Waals surface area contributed by atoms with E-state index in [0.29, 0.717) is 18.1 Å². The van der Waals surface area contributed by atoms with Gasteiger partial charge < -0.3 is 18.5 Å². The molecular formula is C18H19N3O4S. The van der Waals surface area contributed by atoms with E-state index < -0.39 is 5.97 Å². The van der Waals surface area contributed by atoms with E-state index in [-0.39, 0.29) is 5.76 Å². The number of carbonyl (C=O) groups excluding carboxylic acids is 1. The molecular weight excluding hydrogens is 354 g/mol. The molecule has 0 saturated heterocycles. The third kappa shape index (κ3) is 4.26. The first-order chi connectivity index (χ1) is 12.7. The fourth-order valence-corrected chi connectivity index (χ4v) is 3.23. The normalized spacial score (nSPS) is 10.7. The highest BCUT2D eigenvalue weighted by Crippen LogP contribution is 2.24. The van der Waals surface area contributed by atoms with Crippen molar-refractivity contribution in [3.05, 3.63) is 59.8 Å². The van der Waals surface area contributed by atoms with Crippen LogP contribution < -0.4 is 4.74 Å². The summed E-state index contributed by atoms with van der Waals surface area (Å²) in [7, 11) is 1.32. The molecule has 0 aliphatic carbocycles. The monoisotopic (exact) mass is 373 g/mol. The van der Waals surface area contributed by atoms with Gasteiger partial charge in [-0.1, -0.05) is 30.0 Å². The molecule has 2 aromatic heterocycles. The minimum Gasteiger partial charge on any atom is -0.486 e. The highest BCUT2D eigenvalue weighted by atomic mass is 32.2. The van der Waals surface area contributed by atoms with Crippen molar-refractivity contribution in [2.75, 3.05) is 7.11 Å². The number of esters is 1. The van der Waals surface area contributed by atoms with Gasteiger partial charge in [-0.2, -0.15) is 0 Å². The fourth-order valence-electron chi connectivity index (χ4n) is 2.32. The molecule has 0 atom stereocenters. The Kier molecular flexibility index (Phi) is 5.96. The summed E-state index contributed by atoms with van der Waals surface area (Å²) < 4.78 is 17.8. The number of hydrogen-bond donors (Lipinski definition) is 0. The lowest BCUT2D eigenvalue weighted by molar-refractivity contribution is 0.0563. The van der Waals surface area contributed by atoms with E-state index in [9.17, 15) is 4.79 Å². The van der Waals surface area contributed by atoms with Crippen LogP contribution >= 0.6 is 11.8 Å². The van der Waals surface area contributed by atoms with Crippen molar-refractivity contribution < 1.29 is 18.7 Å². The second-order valence-electron chi connectivity index (χ2n) is 5.29. The summed E-state index contributed by atoms with van der Waals surface area (Å²) in [5.74, 6) is 2.46. The van der Waals surface area contributed by atoms with Crippen molar-refractivity contribution in [2.24, 2.45) is 0 Å². The van der Waals surface area contributed by atoms with Crippen LogP contribution in [0, 0.1) is 0 Å². The van der Waals surface area contributed by atoms with Crippen molar-refractivity contribution in [2.45, 2.75) is 31.0 Å². The molecule has 0 unspecified atom stereocenters. The Morgan fingerprint density at radius 1 is 1.19 bits per heavy atom. The Bertz CT molecular complexity index is 860. The number of para-hydroxylation sites is 1. The van der Waals surface area contributed by atoms with E-state index in [1.54, 1.807) is 12.1 Å². The van der Waals surface area contributed by atoms with Gasteiger partial charge in [0.05, 0.1) is 12.9 Å². The number of benzene rings is 1. The number of furan rings is 1. The Morgan fingerprint density at radius 2 is 2.00 bits per heavy atom. The van der Waals surface area contributed by atoms with Crippen LogP contribution in [-0.4, -0.2) is 27.8 Å². The molecule has 3 aromatic rings. The summed E-state index contributed by atoms with van der Waals surface area (Å²) in [6.45, 7) is 3.11. The summed E-state index contributed by atoms with van der Waals surface area (Å²) in [5.41, 5.74) is 0. The molecule has 1 aromatic carbocycles. The maximum atomic E-state index is 11.4. The van der Waals surface area contributed by atoms with Gasteiger partial charge >= 0.3 is 5.97 Å². The van der Waals surface area contributed by atoms with E-state index in [0.717, 1.165) is 23.3 Å². The van der Waals surface area contributed by atoms with Gasteiger partial charge in [0.1, 0.15) is 18.1 Å². The molecule has 3 rings (SSSR count). The summed E-state index contributed by atoms with van der Waals surface area (Å²) in [6.07, 6.45) is 0. The third-order valence-electron chi connectivity index (χ3n) is 3.61. The Balaban J connectivity index is 1.62. The standard InChI is InChI=1S/C18H19N3O4S/c1-3-21-16(11-24-13-7-5-4-6-8-13)19-20-18(21)26-12-14-9-10-15(25-14)17(22)23-2/h4-10H,3,11-12H2,1-2H3. The van der Waals surface area contributed by atoms with Crippen LogP contribution in [0.5, 0.6) is 5.75 Å². The lowest BCUT2D eigenvalue weighted by Gasteiger charge is -2.08. The molecule has 136 valence electrons. The molecule has 0 aliphatic rings. The maximum absolute atomic E-state index is 11.4. The minimum atomic E-state index is -0.488. The molecule has 0 spiro atoms. The largest absolute Gasteiger partial charge is 0.486 e. The number of ether oxygens (including phenoxy) is 2. The van der Waals surface area contributed by atoms with Crippen molar-refractivity contribution >= 4 is 17.7 Å². The topological polar surface area (TPSA) is 79.4 Å². The van der Waals surface area contributed by atoms with Gasteiger partial charge in [0.15, 0.2) is 11.0 Å². The molecule has 0 N–H and O–H groups in total. The van der Waals surface area contributed by atoms with Crippen LogP contribution in [0.4, 0.5) is 0 Å². The molecule has 0 amide bonds. The van der Waals surface area contributed by atoms with E-state index in [1.165, 1.54) is 18.9 Å². The van der Waals surface area contributed by atoms with Crippen LogP contribution in [-0.2, 0) is 23.6 Å².